The monoisotopic (exact) mass is 364 g/mol. The van der Waals surface area contributed by atoms with Gasteiger partial charge in [0.15, 0.2) is 0 Å². The molecule has 0 aliphatic carbocycles. The first kappa shape index (κ1) is 16.4. The lowest BCUT2D eigenvalue weighted by atomic mass is 10.2. The number of aromatic nitrogens is 3. The fraction of sp³-hybridized carbons (Fsp3) is 0.100. The Morgan fingerprint density at radius 2 is 1.92 bits per heavy atom. The summed E-state index contributed by atoms with van der Waals surface area (Å²) in [5.41, 5.74) is 2.84. The first-order valence-electron chi connectivity index (χ1n) is 8.28. The molecule has 0 saturated carbocycles. The summed E-state index contributed by atoms with van der Waals surface area (Å²) in [4.78, 5) is 12.4. The predicted octanol–water partition coefficient (Wildman–Crippen LogP) is 4.18. The lowest BCUT2D eigenvalue weighted by Gasteiger charge is -2.09. The van der Waals surface area contributed by atoms with Crippen molar-refractivity contribution in [3.63, 3.8) is 0 Å². The van der Waals surface area contributed by atoms with Crippen molar-refractivity contribution in [2.75, 3.05) is 5.32 Å². The summed E-state index contributed by atoms with van der Waals surface area (Å²) < 4.78 is 3.75. The van der Waals surface area contributed by atoms with Crippen molar-refractivity contribution in [1.29, 1.82) is 0 Å². The summed E-state index contributed by atoms with van der Waals surface area (Å²) in [6.07, 6.45) is 5.57. The molecule has 130 valence electrons. The summed E-state index contributed by atoms with van der Waals surface area (Å²) in [5.74, 6) is -0.0812. The lowest BCUT2D eigenvalue weighted by molar-refractivity contribution is -0.116. The number of benzene rings is 2. The van der Waals surface area contributed by atoms with Crippen molar-refractivity contribution in [2.45, 2.75) is 13.1 Å². The molecule has 0 atom stereocenters. The molecule has 6 heteroatoms. The van der Waals surface area contributed by atoms with Crippen molar-refractivity contribution < 1.29 is 4.79 Å². The molecule has 4 aromatic rings. The maximum Gasteiger partial charge on any atom is 0.244 e. The van der Waals surface area contributed by atoms with Crippen LogP contribution < -0.4 is 5.32 Å². The van der Waals surface area contributed by atoms with Crippen LogP contribution >= 0.6 is 11.6 Å². The zero-order valence-electron chi connectivity index (χ0n) is 14.0. The third-order valence-electron chi connectivity index (χ3n) is 4.19. The van der Waals surface area contributed by atoms with E-state index in [1.165, 1.54) is 0 Å². The van der Waals surface area contributed by atoms with Crippen LogP contribution in [0.4, 0.5) is 5.69 Å². The molecule has 0 aliphatic heterocycles. The molecular weight excluding hydrogens is 348 g/mol. The number of hydrogen-bond donors (Lipinski definition) is 1. The molecule has 0 unspecified atom stereocenters. The highest BCUT2D eigenvalue weighted by Gasteiger charge is 2.07. The van der Waals surface area contributed by atoms with E-state index in [0.717, 1.165) is 22.2 Å². The van der Waals surface area contributed by atoms with Crippen LogP contribution in [0.15, 0.2) is 73.2 Å². The summed E-state index contributed by atoms with van der Waals surface area (Å²) in [7, 11) is 0. The number of amides is 1. The van der Waals surface area contributed by atoms with Crippen LogP contribution in [0.25, 0.3) is 10.9 Å². The van der Waals surface area contributed by atoms with E-state index < -0.39 is 0 Å². The third kappa shape index (κ3) is 3.63. The largest absolute Gasteiger partial charge is 0.338 e. The average Bonchev–Trinajstić information content (AvgIpc) is 3.27. The molecule has 0 aliphatic rings. The van der Waals surface area contributed by atoms with Gasteiger partial charge in [0.1, 0.15) is 6.54 Å². The molecule has 0 bridgehead atoms. The summed E-state index contributed by atoms with van der Waals surface area (Å²) in [5, 5.41) is 8.84. The first-order valence-corrected chi connectivity index (χ1v) is 8.66. The van der Waals surface area contributed by atoms with Gasteiger partial charge >= 0.3 is 0 Å². The standard InChI is InChI=1S/C20H17ClN4O/c21-17-5-4-16-8-11-24(19(16)12-17)14-20(26)23-18-6-2-15(3-7-18)13-25-10-1-9-22-25/h1-12H,13-14H2,(H,23,26). The Labute approximate surface area is 155 Å². The molecule has 5 nitrogen and oxygen atoms in total. The van der Waals surface area contributed by atoms with Gasteiger partial charge in [-0.15, -0.1) is 0 Å². The molecule has 0 saturated heterocycles. The first-order chi connectivity index (χ1) is 12.7. The number of anilines is 1. The van der Waals surface area contributed by atoms with Gasteiger partial charge in [-0.25, -0.2) is 0 Å². The van der Waals surface area contributed by atoms with Crippen molar-refractivity contribution in [3.05, 3.63) is 83.8 Å². The smallest absolute Gasteiger partial charge is 0.244 e. The minimum Gasteiger partial charge on any atom is -0.338 e. The molecule has 0 spiro atoms. The number of rotatable bonds is 5. The second-order valence-corrected chi connectivity index (χ2v) is 6.53. The van der Waals surface area contributed by atoms with Gasteiger partial charge in [-0.1, -0.05) is 29.8 Å². The molecule has 4 rings (SSSR count). The lowest BCUT2D eigenvalue weighted by Crippen LogP contribution is -2.18. The molecule has 2 aromatic carbocycles. The number of nitrogens with one attached hydrogen (secondary N) is 1. The predicted molar refractivity (Wildman–Crippen MR) is 103 cm³/mol. The Bertz CT molecular complexity index is 1040. The number of carbonyl (C=O) groups is 1. The zero-order valence-corrected chi connectivity index (χ0v) is 14.7. The van der Waals surface area contributed by atoms with Crippen molar-refractivity contribution >= 4 is 34.1 Å². The SMILES string of the molecule is O=C(Cn1ccc2ccc(Cl)cc21)Nc1ccc(Cn2cccn2)cc1. The van der Waals surface area contributed by atoms with E-state index >= 15 is 0 Å². The van der Waals surface area contributed by atoms with Crippen molar-refractivity contribution in [3.8, 4) is 0 Å². The van der Waals surface area contributed by atoms with Crippen LogP contribution in [0.2, 0.25) is 5.02 Å². The van der Waals surface area contributed by atoms with Gasteiger partial charge in [-0.2, -0.15) is 5.10 Å². The van der Waals surface area contributed by atoms with Crippen LogP contribution in [-0.4, -0.2) is 20.3 Å². The minimum atomic E-state index is -0.0812. The summed E-state index contributed by atoms with van der Waals surface area (Å²) in [6, 6.07) is 17.3. The Morgan fingerprint density at radius 1 is 1.08 bits per heavy atom. The third-order valence-corrected chi connectivity index (χ3v) is 4.43. The van der Waals surface area contributed by atoms with E-state index in [1.54, 1.807) is 6.20 Å². The maximum absolute atomic E-state index is 12.4. The van der Waals surface area contributed by atoms with E-state index in [1.807, 2.05) is 76.2 Å². The van der Waals surface area contributed by atoms with Crippen LogP contribution in [0.1, 0.15) is 5.56 Å². The molecule has 1 N–H and O–H groups in total. The van der Waals surface area contributed by atoms with Gasteiger partial charge in [0, 0.05) is 34.8 Å². The zero-order chi connectivity index (χ0) is 17.9. The van der Waals surface area contributed by atoms with E-state index in [4.69, 9.17) is 11.6 Å². The van der Waals surface area contributed by atoms with Gasteiger partial charge in [-0.3, -0.25) is 9.48 Å². The fourth-order valence-corrected chi connectivity index (χ4v) is 3.09. The van der Waals surface area contributed by atoms with Gasteiger partial charge in [0.2, 0.25) is 5.91 Å². The number of hydrogen-bond acceptors (Lipinski definition) is 2. The van der Waals surface area contributed by atoms with E-state index in [9.17, 15) is 4.79 Å². The number of halogens is 1. The molecule has 2 aromatic heterocycles. The fourth-order valence-electron chi connectivity index (χ4n) is 2.92. The highest BCUT2D eigenvalue weighted by atomic mass is 35.5. The van der Waals surface area contributed by atoms with Gasteiger partial charge in [0.05, 0.1) is 6.54 Å². The molecule has 2 heterocycles. The Hall–Kier alpha value is -3.05. The number of carbonyl (C=O) groups excluding carboxylic acids is 1. The average molecular weight is 365 g/mol. The maximum atomic E-state index is 12.4. The summed E-state index contributed by atoms with van der Waals surface area (Å²) in [6.45, 7) is 0.941. The highest BCUT2D eigenvalue weighted by molar-refractivity contribution is 6.31. The Balaban J connectivity index is 1.42. The molecule has 0 radical (unpaired) electrons. The molecule has 1 amide bonds. The number of fused-ring (bicyclic) bond motifs is 1. The van der Waals surface area contributed by atoms with Crippen LogP contribution in [0.5, 0.6) is 0 Å². The highest BCUT2D eigenvalue weighted by Crippen LogP contribution is 2.20. The second-order valence-electron chi connectivity index (χ2n) is 6.10. The van der Waals surface area contributed by atoms with Gasteiger partial charge in [-0.05, 0) is 47.3 Å². The van der Waals surface area contributed by atoms with Crippen molar-refractivity contribution in [1.82, 2.24) is 14.3 Å². The Morgan fingerprint density at radius 3 is 2.69 bits per heavy atom. The van der Waals surface area contributed by atoms with E-state index in [-0.39, 0.29) is 12.5 Å². The van der Waals surface area contributed by atoms with Gasteiger partial charge in [0.25, 0.3) is 0 Å². The second kappa shape index (κ2) is 7.06. The molecule has 26 heavy (non-hydrogen) atoms. The van der Waals surface area contributed by atoms with Crippen LogP contribution in [-0.2, 0) is 17.9 Å². The number of nitrogens with zero attached hydrogens (tertiary/aromatic N) is 3. The minimum absolute atomic E-state index is 0.0812. The molecule has 0 fully saturated rings. The van der Waals surface area contributed by atoms with Gasteiger partial charge < -0.3 is 9.88 Å². The molecular formula is C20H17ClN4O. The van der Waals surface area contributed by atoms with E-state index in [0.29, 0.717) is 11.6 Å². The van der Waals surface area contributed by atoms with Crippen molar-refractivity contribution in [2.24, 2.45) is 0 Å². The van der Waals surface area contributed by atoms with Crippen LogP contribution in [0.3, 0.4) is 0 Å². The summed E-state index contributed by atoms with van der Waals surface area (Å²) >= 11 is 6.06. The Kier molecular flexibility index (Phi) is 4.46. The normalized spacial score (nSPS) is 11.0. The van der Waals surface area contributed by atoms with E-state index in [2.05, 4.69) is 10.4 Å². The van der Waals surface area contributed by atoms with Crippen LogP contribution in [0, 0.1) is 0 Å². The topological polar surface area (TPSA) is 51.9 Å². The quantitative estimate of drug-likeness (QED) is 0.577.